The zero-order valence-corrected chi connectivity index (χ0v) is 22.2. The lowest BCUT2D eigenvalue weighted by molar-refractivity contribution is -0.248. The molecule has 38 heavy (non-hydrogen) atoms. The monoisotopic (exact) mass is 527 g/mol. The van der Waals surface area contributed by atoms with Gasteiger partial charge in [-0.1, -0.05) is 121 Å². The molecule has 2 fully saturated rings. The average molecular weight is 528 g/mol. The summed E-state index contributed by atoms with van der Waals surface area (Å²) in [5.41, 5.74) is 6.66. The van der Waals surface area contributed by atoms with Crippen LogP contribution in [0.1, 0.15) is 36.1 Å². The van der Waals surface area contributed by atoms with E-state index < -0.39 is 37.3 Å². The summed E-state index contributed by atoms with van der Waals surface area (Å²) in [5, 5.41) is 0. The van der Waals surface area contributed by atoms with Gasteiger partial charge in [0.15, 0.2) is 17.0 Å². The van der Waals surface area contributed by atoms with Crippen LogP contribution >= 0.6 is 8.09 Å². The zero-order valence-electron chi connectivity index (χ0n) is 21.3. The molecule has 0 saturated carbocycles. The topological polar surface area (TPSA) is 86.0 Å². The lowest BCUT2D eigenvalue weighted by atomic mass is 9.72. The normalized spacial score (nSPS) is 24.7. The lowest BCUT2D eigenvalue weighted by Crippen LogP contribution is -2.53. The van der Waals surface area contributed by atoms with E-state index in [0.29, 0.717) is 0 Å². The second-order valence-corrected chi connectivity index (χ2v) is 11.6. The molecule has 0 aromatic heterocycles. The van der Waals surface area contributed by atoms with Crippen molar-refractivity contribution in [1.29, 1.82) is 0 Å². The van der Waals surface area contributed by atoms with Crippen LogP contribution in [0.2, 0.25) is 0 Å². The Hall–Kier alpha value is -2.93. The van der Waals surface area contributed by atoms with Gasteiger partial charge >= 0.3 is 8.09 Å². The molecule has 2 saturated heterocycles. The van der Waals surface area contributed by atoms with Crippen LogP contribution in [0.4, 0.5) is 0 Å². The summed E-state index contributed by atoms with van der Waals surface area (Å²) in [5.74, 6) is -1.01. The van der Waals surface area contributed by atoms with Crippen molar-refractivity contribution in [2.24, 2.45) is 5.50 Å². The number of nitrogens with two attached hydrogens (primary N) is 1. The molecule has 2 atom stereocenters. The first-order chi connectivity index (χ1) is 18.3. The van der Waals surface area contributed by atoms with Crippen LogP contribution in [-0.2, 0) is 29.7 Å². The van der Waals surface area contributed by atoms with Gasteiger partial charge in [0.25, 0.3) is 0 Å². The number of fused-ring (bicyclic) bond motifs is 1. The van der Waals surface area contributed by atoms with E-state index in [1.54, 1.807) is 0 Å². The van der Waals surface area contributed by atoms with E-state index in [1.807, 2.05) is 135 Å². The molecule has 2 heterocycles. The number of hydrogen-bond donors (Lipinski definition) is 1. The summed E-state index contributed by atoms with van der Waals surface area (Å²) < 4.78 is 26.6. The highest BCUT2D eigenvalue weighted by Gasteiger charge is 2.70. The summed E-state index contributed by atoms with van der Waals surface area (Å²) in [4.78, 5) is 14.4. The Balaban J connectivity index is 1.71. The average Bonchev–Trinajstić information content (AvgIpc) is 3.24. The fourth-order valence-corrected chi connectivity index (χ4v) is 7.29. The minimum absolute atomic E-state index is 0.730. The Kier molecular flexibility index (Phi) is 6.25. The van der Waals surface area contributed by atoms with Crippen molar-refractivity contribution in [3.8, 4) is 0 Å². The van der Waals surface area contributed by atoms with Crippen LogP contribution < -0.4 is 10.4 Å². The van der Waals surface area contributed by atoms with Gasteiger partial charge in [-0.05, 0) is 36.1 Å². The van der Waals surface area contributed by atoms with E-state index in [0.717, 1.165) is 22.3 Å². The molecule has 2 aliphatic rings. The molecule has 2 N–H and O–H groups in total. The fraction of sp³-hybridized carbons (Fsp3) is 0.226. The Morgan fingerprint density at radius 1 is 0.553 bits per heavy atom. The number of rotatable bonds is 4. The molecule has 2 aliphatic heterocycles. The van der Waals surface area contributed by atoms with Gasteiger partial charge in [0.05, 0.1) is 0 Å². The molecular weight excluding hydrogens is 497 g/mol. The Labute approximate surface area is 223 Å². The van der Waals surface area contributed by atoms with Crippen LogP contribution in [0.25, 0.3) is 0 Å². The molecular formula is C31H30NO5P. The highest BCUT2D eigenvalue weighted by atomic mass is 31.2. The summed E-state index contributed by atoms with van der Waals surface area (Å²) >= 11 is 0. The molecule has 6 nitrogen and oxygen atoms in total. The predicted octanol–water partition coefficient (Wildman–Crippen LogP) is 5.44. The molecule has 0 bridgehead atoms. The van der Waals surface area contributed by atoms with Crippen LogP contribution in [0.3, 0.4) is 0 Å². The minimum atomic E-state index is -4.29. The molecule has 7 heteroatoms. The van der Waals surface area contributed by atoms with Crippen LogP contribution in [0.15, 0.2) is 121 Å². The first-order valence-corrected chi connectivity index (χ1v) is 14.3. The molecule has 4 aromatic rings. The van der Waals surface area contributed by atoms with Gasteiger partial charge < -0.3 is 14.4 Å². The van der Waals surface area contributed by atoms with Gasteiger partial charge in [0, 0.05) is 0 Å². The van der Waals surface area contributed by atoms with Crippen molar-refractivity contribution in [3.63, 3.8) is 0 Å². The van der Waals surface area contributed by atoms with Crippen molar-refractivity contribution < 1.29 is 23.4 Å². The van der Waals surface area contributed by atoms with Crippen molar-refractivity contribution >= 4 is 8.09 Å². The van der Waals surface area contributed by atoms with E-state index in [9.17, 15) is 4.89 Å². The molecule has 194 valence electrons. The Bertz CT molecular complexity index is 1200. The van der Waals surface area contributed by atoms with Gasteiger partial charge in [-0.15, -0.1) is 0 Å². The highest BCUT2D eigenvalue weighted by Crippen LogP contribution is 2.66. The quantitative estimate of drug-likeness (QED) is 0.356. The van der Waals surface area contributed by atoms with E-state index in [2.05, 4.69) is 0 Å². The molecule has 0 radical (unpaired) electrons. The number of benzene rings is 4. The van der Waals surface area contributed by atoms with Gasteiger partial charge in [-0.3, -0.25) is 0 Å². The van der Waals surface area contributed by atoms with Gasteiger partial charge in [-0.2, -0.15) is 14.6 Å². The third-order valence-electron chi connectivity index (χ3n) is 7.25. The first kappa shape index (κ1) is 25.4. The van der Waals surface area contributed by atoms with E-state index in [-0.39, 0.29) is 0 Å². The highest BCUT2D eigenvalue weighted by molar-refractivity contribution is 7.56. The second kappa shape index (κ2) is 9.37. The summed E-state index contributed by atoms with van der Waals surface area (Å²) in [7, 11) is -4.29. The van der Waals surface area contributed by atoms with Crippen molar-refractivity contribution in [3.05, 3.63) is 144 Å². The predicted molar refractivity (Wildman–Crippen MR) is 144 cm³/mol. The second-order valence-electron chi connectivity index (χ2n) is 10.1. The van der Waals surface area contributed by atoms with Gasteiger partial charge in [0.2, 0.25) is 0 Å². The summed E-state index contributed by atoms with van der Waals surface area (Å²) in [6.07, 6.45) is -1.61. The molecule has 0 aliphatic carbocycles. The smallest absolute Gasteiger partial charge is 0.313 e. The van der Waals surface area contributed by atoms with Gasteiger partial charge in [0.1, 0.15) is 12.2 Å². The van der Waals surface area contributed by atoms with E-state index >= 15 is 0 Å². The molecule has 4 aromatic carbocycles. The molecule has 6 rings (SSSR count). The lowest BCUT2D eigenvalue weighted by Gasteiger charge is -2.39. The number of ether oxygens (including phenoxy) is 2. The minimum Gasteiger partial charge on any atom is -0.616 e. The first-order valence-electron chi connectivity index (χ1n) is 12.6. The maximum atomic E-state index is 14.4. The molecule has 0 amide bonds. The van der Waals surface area contributed by atoms with Crippen LogP contribution in [0, 0.1) is 0 Å². The van der Waals surface area contributed by atoms with Crippen molar-refractivity contribution in [2.75, 3.05) is 0 Å². The molecule has 0 unspecified atom stereocenters. The SMILES string of the molecule is CC1(C)O[C@@H]2[C@@H](O1)C(c1ccccc1)(c1ccccc1)O[P+](N)([O-])OC2(c1ccccc1)c1ccccc1. The largest absolute Gasteiger partial charge is 0.616 e. The zero-order chi connectivity index (χ0) is 26.4. The maximum absolute atomic E-state index is 14.4. The molecule has 0 spiro atoms. The van der Waals surface area contributed by atoms with E-state index in [1.165, 1.54) is 0 Å². The Morgan fingerprint density at radius 3 is 1.08 bits per heavy atom. The van der Waals surface area contributed by atoms with Crippen molar-refractivity contribution in [2.45, 2.75) is 43.0 Å². The third kappa shape index (κ3) is 4.10. The van der Waals surface area contributed by atoms with Crippen LogP contribution in [-0.4, -0.2) is 18.0 Å². The number of hydrogen-bond acceptors (Lipinski definition) is 6. The summed E-state index contributed by atoms with van der Waals surface area (Å²) in [6, 6.07) is 38.4. The van der Waals surface area contributed by atoms with Crippen LogP contribution in [0.5, 0.6) is 0 Å². The Morgan fingerprint density at radius 2 is 0.816 bits per heavy atom. The fourth-order valence-electron chi connectivity index (χ4n) is 5.82. The van der Waals surface area contributed by atoms with Crippen molar-refractivity contribution in [1.82, 2.24) is 0 Å². The summed E-state index contributed by atoms with van der Waals surface area (Å²) in [6.45, 7) is 3.73. The van der Waals surface area contributed by atoms with Gasteiger partial charge in [-0.25, -0.2) is 0 Å². The standard InChI is InChI=1S/C31H30NO5P/c1-29(2)34-27-28(35-29)31(25-19-11-5-12-20-25,26-21-13-6-14-22-26)37-38(32,33)36-30(27,23-15-7-3-8-16-23)24-17-9-4-10-18-24/h3-22,27-28H,1-2H3,(H2,32,33)/t27-,28-/m1/s1. The third-order valence-corrected chi connectivity index (χ3v) is 8.34. The maximum Gasteiger partial charge on any atom is 0.313 e. The van der Waals surface area contributed by atoms with E-state index in [4.69, 9.17) is 24.0 Å².